The molecule has 0 aliphatic carbocycles. The highest BCUT2D eigenvalue weighted by molar-refractivity contribution is 7.89. The lowest BCUT2D eigenvalue weighted by Crippen LogP contribution is -2.27. The summed E-state index contributed by atoms with van der Waals surface area (Å²) in [7, 11) is -3.86. The first kappa shape index (κ1) is 12.5. The van der Waals surface area contributed by atoms with Crippen molar-refractivity contribution in [3.8, 4) is 0 Å². The molecule has 96 valence electrons. The number of nitrogens with zero attached hydrogens (tertiary/aromatic N) is 1. The molecule has 18 heavy (non-hydrogen) atoms. The number of rotatable bonds is 4. The summed E-state index contributed by atoms with van der Waals surface area (Å²) in [6.45, 7) is 1.67. The average Bonchev–Trinajstić information content (AvgIpc) is 2.73. The average molecular weight is 269 g/mol. The number of sulfonamides is 1. The molecule has 0 atom stereocenters. The molecule has 0 saturated heterocycles. The number of aromatic amines is 1. The van der Waals surface area contributed by atoms with Crippen LogP contribution in [-0.4, -0.2) is 18.6 Å². The highest BCUT2D eigenvalue weighted by atomic mass is 32.2. The maximum atomic E-state index is 11.8. The highest BCUT2D eigenvalue weighted by Crippen LogP contribution is 2.05. The number of H-pyrrole nitrogens is 1. The molecule has 0 aliphatic rings. The lowest BCUT2D eigenvalue weighted by molar-refractivity contribution is 0.377. The Balaban J connectivity index is 2.18. The Labute approximate surface area is 103 Å². The van der Waals surface area contributed by atoms with E-state index in [1.807, 2.05) is 0 Å². The van der Waals surface area contributed by atoms with Crippen molar-refractivity contribution < 1.29 is 12.9 Å². The SMILES string of the molecule is Cc1cc(CNS(=O)(=O)c2c[nH]ccc2=O)on1. The van der Waals surface area contributed by atoms with Gasteiger partial charge in [-0.2, -0.15) is 0 Å². The van der Waals surface area contributed by atoms with Crippen LogP contribution in [-0.2, 0) is 16.6 Å². The van der Waals surface area contributed by atoms with Gasteiger partial charge >= 0.3 is 0 Å². The Bertz CT molecular complexity index is 702. The second kappa shape index (κ2) is 4.75. The lowest BCUT2D eigenvalue weighted by atomic mass is 10.4. The molecule has 0 fully saturated rings. The minimum absolute atomic E-state index is 0.0580. The van der Waals surface area contributed by atoms with E-state index in [9.17, 15) is 13.2 Å². The van der Waals surface area contributed by atoms with Gasteiger partial charge in [-0.25, -0.2) is 13.1 Å². The van der Waals surface area contributed by atoms with Crippen LogP contribution < -0.4 is 10.2 Å². The number of aryl methyl sites for hydroxylation is 1. The topological polar surface area (TPSA) is 105 Å². The molecule has 2 aromatic heterocycles. The highest BCUT2D eigenvalue weighted by Gasteiger charge is 2.17. The summed E-state index contributed by atoms with van der Waals surface area (Å²) in [6, 6.07) is 2.75. The maximum absolute atomic E-state index is 11.8. The van der Waals surface area contributed by atoms with Crippen LogP contribution in [0.2, 0.25) is 0 Å². The van der Waals surface area contributed by atoms with Gasteiger partial charge in [-0.15, -0.1) is 0 Å². The second-order valence-corrected chi connectivity index (χ2v) is 5.37. The molecule has 0 aromatic carbocycles. The van der Waals surface area contributed by atoms with E-state index in [0.29, 0.717) is 11.5 Å². The van der Waals surface area contributed by atoms with E-state index in [4.69, 9.17) is 4.52 Å². The Morgan fingerprint density at radius 1 is 1.50 bits per heavy atom. The van der Waals surface area contributed by atoms with Crippen LogP contribution in [0, 0.1) is 6.92 Å². The number of nitrogens with one attached hydrogen (secondary N) is 2. The zero-order valence-corrected chi connectivity index (χ0v) is 10.3. The van der Waals surface area contributed by atoms with Gasteiger partial charge in [-0.1, -0.05) is 5.16 Å². The summed E-state index contributed by atoms with van der Waals surface area (Å²) in [4.78, 5) is 13.6. The van der Waals surface area contributed by atoms with Crippen molar-refractivity contribution in [1.82, 2.24) is 14.9 Å². The van der Waals surface area contributed by atoms with Gasteiger partial charge < -0.3 is 9.51 Å². The predicted molar refractivity (Wildman–Crippen MR) is 62.3 cm³/mol. The van der Waals surface area contributed by atoms with Crippen LogP contribution in [0.3, 0.4) is 0 Å². The summed E-state index contributed by atoms with van der Waals surface area (Å²) in [5.74, 6) is 0.378. The van der Waals surface area contributed by atoms with Crippen molar-refractivity contribution in [1.29, 1.82) is 0 Å². The summed E-state index contributed by atoms with van der Waals surface area (Å²) in [6.07, 6.45) is 2.50. The Morgan fingerprint density at radius 2 is 2.28 bits per heavy atom. The minimum atomic E-state index is -3.86. The van der Waals surface area contributed by atoms with Gasteiger partial charge in [0, 0.05) is 24.5 Å². The molecule has 2 aromatic rings. The number of aromatic nitrogens is 2. The van der Waals surface area contributed by atoms with Gasteiger partial charge in [0.15, 0.2) is 5.76 Å². The van der Waals surface area contributed by atoms with Crippen molar-refractivity contribution in [2.45, 2.75) is 18.4 Å². The third-order valence-corrected chi connectivity index (χ3v) is 3.61. The van der Waals surface area contributed by atoms with Crippen molar-refractivity contribution in [2.24, 2.45) is 0 Å². The predicted octanol–water partition coefficient (Wildman–Crippen LogP) is 0.150. The van der Waals surface area contributed by atoms with Gasteiger partial charge in [0.05, 0.1) is 12.2 Å². The van der Waals surface area contributed by atoms with Gasteiger partial charge in [0.25, 0.3) is 0 Å². The lowest BCUT2D eigenvalue weighted by Gasteiger charge is -2.03. The first-order chi connectivity index (χ1) is 8.49. The first-order valence-corrected chi connectivity index (χ1v) is 6.56. The molecule has 2 rings (SSSR count). The zero-order valence-electron chi connectivity index (χ0n) is 9.50. The third kappa shape index (κ3) is 2.66. The van der Waals surface area contributed by atoms with E-state index in [1.54, 1.807) is 13.0 Å². The van der Waals surface area contributed by atoms with Gasteiger partial charge in [-0.05, 0) is 6.92 Å². The van der Waals surface area contributed by atoms with E-state index in [2.05, 4.69) is 14.9 Å². The smallest absolute Gasteiger partial charge is 0.246 e. The number of hydrogen-bond acceptors (Lipinski definition) is 5. The third-order valence-electron chi connectivity index (χ3n) is 2.19. The van der Waals surface area contributed by atoms with Gasteiger partial charge in [0.2, 0.25) is 15.5 Å². The summed E-state index contributed by atoms with van der Waals surface area (Å²) in [5.41, 5.74) is 0.0803. The molecule has 0 amide bonds. The maximum Gasteiger partial charge on any atom is 0.246 e. The van der Waals surface area contributed by atoms with Gasteiger partial charge in [0.1, 0.15) is 4.90 Å². The quantitative estimate of drug-likeness (QED) is 0.822. The molecule has 0 saturated carbocycles. The van der Waals surface area contributed by atoms with E-state index < -0.39 is 15.5 Å². The van der Waals surface area contributed by atoms with E-state index in [-0.39, 0.29) is 11.4 Å². The Kier molecular flexibility index (Phi) is 3.30. The standard InChI is InChI=1S/C10H11N3O4S/c1-7-4-8(17-13-7)5-12-18(15,16)10-6-11-3-2-9(10)14/h2-4,6,12H,5H2,1H3,(H,11,14). The van der Waals surface area contributed by atoms with Crippen LogP contribution in [0.5, 0.6) is 0 Å². The molecule has 0 unspecified atom stereocenters. The molecule has 8 heteroatoms. The van der Waals surface area contributed by atoms with E-state index >= 15 is 0 Å². The van der Waals surface area contributed by atoms with E-state index in [0.717, 1.165) is 12.3 Å². The van der Waals surface area contributed by atoms with Crippen LogP contribution in [0.25, 0.3) is 0 Å². The fourth-order valence-electron chi connectivity index (χ4n) is 1.35. The van der Waals surface area contributed by atoms with Gasteiger partial charge in [-0.3, -0.25) is 4.79 Å². The molecular weight excluding hydrogens is 258 g/mol. The van der Waals surface area contributed by atoms with Crippen molar-refractivity contribution in [2.75, 3.05) is 0 Å². The molecule has 0 spiro atoms. The normalized spacial score (nSPS) is 11.6. The molecule has 7 nitrogen and oxygen atoms in total. The molecule has 2 heterocycles. The monoisotopic (exact) mass is 269 g/mol. The number of pyridine rings is 1. The van der Waals surface area contributed by atoms with Crippen molar-refractivity contribution >= 4 is 10.0 Å². The van der Waals surface area contributed by atoms with Crippen molar-refractivity contribution in [3.05, 3.63) is 46.2 Å². The summed E-state index contributed by atoms with van der Waals surface area (Å²) in [5, 5.41) is 3.63. The van der Waals surface area contributed by atoms with Crippen LogP contribution in [0.4, 0.5) is 0 Å². The fraction of sp³-hybridized carbons (Fsp3) is 0.200. The number of hydrogen-bond donors (Lipinski definition) is 2. The molecule has 0 radical (unpaired) electrons. The summed E-state index contributed by atoms with van der Waals surface area (Å²) < 4.78 is 30.8. The second-order valence-electron chi connectivity index (χ2n) is 3.63. The van der Waals surface area contributed by atoms with E-state index in [1.165, 1.54) is 6.20 Å². The first-order valence-electron chi connectivity index (χ1n) is 5.08. The molecule has 2 N–H and O–H groups in total. The zero-order chi connectivity index (χ0) is 13.2. The Morgan fingerprint density at radius 3 is 2.89 bits per heavy atom. The molecule has 0 aliphatic heterocycles. The fourth-order valence-corrected chi connectivity index (χ4v) is 2.40. The van der Waals surface area contributed by atoms with Crippen LogP contribution in [0.1, 0.15) is 11.5 Å². The molecular formula is C10H11N3O4S. The Hall–Kier alpha value is -1.93. The minimum Gasteiger partial charge on any atom is -0.366 e. The largest absolute Gasteiger partial charge is 0.366 e. The van der Waals surface area contributed by atoms with Crippen LogP contribution in [0.15, 0.2) is 38.7 Å². The molecule has 0 bridgehead atoms. The van der Waals surface area contributed by atoms with Crippen LogP contribution >= 0.6 is 0 Å². The van der Waals surface area contributed by atoms with Crippen molar-refractivity contribution in [3.63, 3.8) is 0 Å². The summed E-state index contributed by atoms with van der Waals surface area (Å²) >= 11 is 0.